The molecule has 0 spiro atoms. The molecule has 2 aromatic heterocycles. The van der Waals surface area contributed by atoms with E-state index in [1.54, 1.807) is 42.7 Å². The number of pyridine rings is 2. The van der Waals surface area contributed by atoms with Crippen molar-refractivity contribution in [2.24, 2.45) is 5.84 Å². The molecular weight excluding hydrogens is 204 g/mol. The molecule has 0 atom stereocenters. The van der Waals surface area contributed by atoms with Crippen LogP contribution in [0.1, 0.15) is 10.4 Å². The number of nitrogens with two attached hydrogens (primary N) is 1. The average molecular weight is 214 g/mol. The van der Waals surface area contributed by atoms with Crippen LogP contribution in [-0.2, 0) is 0 Å². The fourth-order valence-electron chi connectivity index (χ4n) is 1.23. The Labute approximate surface area is 92.5 Å². The van der Waals surface area contributed by atoms with Gasteiger partial charge in [-0.2, -0.15) is 0 Å². The van der Waals surface area contributed by atoms with Gasteiger partial charge in [-0.15, -0.1) is 0 Å². The lowest BCUT2D eigenvalue weighted by molar-refractivity contribution is 0.0985. The largest absolute Gasteiger partial charge is 0.275 e. The maximum absolute atomic E-state index is 11.9. The monoisotopic (exact) mass is 214 g/mol. The molecule has 0 radical (unpaired) electrons. The Morgan fingerprint density at radius 1 is 1.19 bits per heavy atom. The van der Waals surface area contributed by atoms with Gasteiger partial charge in [-0.25, -0.2) is 15.8 Å². The summed E-state index contributed by atoms with van der Waals surface area (Å²) in [6.07, 6.45) is 4.63. The molecule has 0 aliphatic heterocycles. The highest BCUT2D eigenvalue weighted by Crippen LogP contribution is 2.08. The van der Waals surface area contributed by atoms with Gasteiger partial charge in [-0.3, -0.25) is 9.78 Å². The van der Waals surface area contributed by atoms with Gasteiger partial charge in [0.2, 0.25) is 0 Å². The van der Waals surface area contributed by atoms with E-state index in [0.717, 1.165) is 5.01 Å². The summed E-state index contributed by atoms with van der Waals surface area (Å²) in [5.74, 6) is 5.72. The second kappa shape index (κ2) is 4.50. The lowest BCUT2D eigenvalue weighted by Gasteiger charge is -2.14. The molecule has 0 aliphatic rings. The second-order valence-corrected chi connectivity index (χ2v) is 3.10. The molecule has 0 unspecified atom stereocenters. The highest BCUT2D eigenvalue weighted by atomic mass is 16.2. The van der Waals surface area contributed by atoms with Crippen molar-refractivity contribution >= 4 is 11.7 Å². The average Bonchev–Trinajstić information content (AvgIpc) is 2.39. The third-order valence-corrected chi connectivity index (χ3v) is 2.02. The van der Waals surface area contributed by atoms with E-state index in [1.807, 2.05) is 0 Å². The van der Waals surface area contributed by atoms with Gasteiger partial charge in [0.15, 0.2) is 0 Å². The van der Waals surface area contributed by atoms with E-state index >= 15 is 0 Å². The number of nitrogens with zero attached hydrogens (tertiary/aromatic N) is 3. The van der Waals surface area contributed by atoms with E-state index in [2.05, 4.69) is 9.97 Å². The van der Waals surface area contributed by atoms with Crippen LogP contribution < -0.4 is 10.9 Å². The Balaban J connectivity index is 2.24. The van der Waals surface area contributed by atoms with Crippen molar-refractivity contribution in [2.45, 2.75) is 0 Å². The fraction of sp³-hybridized carbons (Fsp3) is 0. The molecule has 0 aliphatic carbocycles. The third-order valence-electron chi connectivity index (χ3n) is 2.02. The van der Waals surface area contributed by atoms with Crippen LogP contribution in [0.5, 0.6) is 0 Å². The molecule has 0 saturated heterocycles. The Hall–Kier alpha value is -2.27. The van der Waals surface area contributed by atoms with Gasteiger partial charge < -0.3 is 0 Å². The summed E-state index contributed by atoms with van der Waals surface area (Å²) in [5.41, 5.74) is 0.427. The van der Waals surface area contributed by atoms with Gasteiger partial charge in [0.05, 0.1) is 5.56 Å². The Morgan fingerprint density at radius 2 is 2.06 bits per heavy atom. The predicted octanol–water partition coefficient (Wildman–Crippen LogP) is 0.997. The summed E-state index contributed by atoms with van der Waals surface area (Å²) in [6.45, 7) is 0. The van der Waals surface area contributed by atoms with E-state index in [4.69, 9.17) is 5.84 Å². The number of amides is 1. The van der Waals surface area contributed by atoms with E-state index in [1.165, 1.54) is 6.20 Å². The minimum Gasteiger partial charge on any atom is -0.267 e. The molecule has 5 nitrogen and oxygen atoms in total. The van der Waals surface area contributed by atoms with Gasteiger partial charge in [0.25, 0.3) is 5.91 Å². The van der Waals surface area contributed by atoms with Crippen molar-refractivity contribution in [1.29, 1.82) is 0 Å². The quantitative estimate of drug-likeness (QED) is 0.460. The van der Waals surface area contributed by atoms with Gasteiger partial charge in [-0.05, 0) is 24.3 Å². The zero-order valence-corrected chi connectivity index (χ0v) is 8.45. The van der Waals surface area contributed by atoms with Crippen LogP contribution in [0, 0.1) is 0 Å². The Kier molecular flexibility index (Phi) is 2.88. The molecule has 2 rings (SSSR count). The summed E-state index contributed by atoms with van der Waals surface area (Å²) < 4.78 is 0. The lowest BCUT2D eigenvalue weighted by atomic mass is 10.2. The molecule has 80 valence electrons. The van der Waals surface area contributed by atoms with Crippen molar-refractivity contribution in [2.75, 3.05) is 5.01 Å². The standard InChI is InChI=1S/C11H10N4O/c12-15(10-5-1-2-7-14-10)11(16)9-4-3-6-13-8-9/h1-8H,12H2. The second-order valence-electron chi connectivity index (χ2n) is 3.10. The molecule has 2 aromatic rings. The van der Waals surface area contributed by atoms with E-state index < -0.39 is 0 Å². The molecule has 2 heterocycles. The Morgan fingerprint density at radius 3 is 2.69 bits per heavy atom. The normalized spacial score (nSPS) is 9.81. The number of hydrogen-bond donors (Lipinski definition) is 1. The number of rotatable bonds is 2. The first-order valence-corrected chi connectivity index (χ1v) is 4.69. The summed E-state index contributed by atoms with van der Waals surface area (Å²) in [4.78, 5) is 19.7. The summed E-state index contributed by atoms with van der Waals surface area (Å²) in [6, 6.07) is 8.51. The van der Waals surface area contributed by atoms with E-state index in [9.17, 15) is 4.79 Å². The van der Waals surface area contributed by atoms with Crippen molar-refractivity contribution in [3.63, 3.8) is 0 Å². The van der Waals surface area contributed by atoms with Crippen LogP contribution in [0.2, 0.25) is 0 Å². The SMILES string of the molecule is NN(C(=O)c1cccnc1)c1ccccn1. The van der Waals surface area contributed by atoms with Gasteiger partial charge in [0.1, 0.15) is 5.82 Å². The zero-order chi connectivity index (χ0) is 11.4. The predicted molar refractivity (Wildman–Crippen MR) is 59.5 cm³/mol. The molecule has 5 heteroatoms. The minimum atomic E-state index is -0.341. The Bertz CT molecular complexity index is 472. The van der Waals surface area contributed by atoms with Crippen molar-refractivity contribution < 1.29 is 4.79 Å². The van der Waals surface area contributed by atoms with Gasteiger partial charge in [0, 0.05) is 18.6 Å². The summed E-state index contributed by atoms with van der Waals surface area (Å²) in [5, 5.41) is 0.997. The number of carbonyl (C=O) groups is 1. The third kappa shape index (κ3) is 2.04. The first-order chi connectivity index (χ1) is 7.79. The molecular formula is C11H10N4O. The highest BCUT2D eigenvalue weighted by molar-refractivity contribution is 6.04. The van der Waals surface area contributed by atoms with Crippen molar-refractivity contribution in [3.8, 4) is 0 Å². The number of carbonyl (C=O) groups excluding carboxylic acids is 1. The topological polar surface area (TPSA) is 72.1 Å². The molecule has 0 bridgehead atoms. The number of hydrogen-bond acceptors (Lipinski definition) is 4. The minimum absolute atomic E-state index is 0.341. The first kappa shape index (κ1) is 10.3. The van der Waals surface area contributed by atoms with Crippen LogP contribution >= 0.6 is 0 Å². The molecule has 16 heavy (non-hydrogen) atoms. The first-order valence-electron chi connectivity index (χ1n) is 4.69. The fourth-order valence-corrected chi connectivity index (χ4v) is 1.23. The van der Waals surface area contributed by atoms with Crippen molar-refractivity contribution in [1.82, 2.24) is 9.97 Å². The molecule has 2 N–H and O–H groups in total. The number of hydrazine groups is 1. The summed E-state index contributed by atoms with van der Waals surface area (Å²) >= 11 is 0. The summed E-state index contributed by atoms with van der Waals surface area (Å²) in [7, 11) is 0. The highest BCUT2D eigenvalue weighted by Gasteiger charge is 2.14. The van der Waals surface area contributed by atoms with Crippen LogP contribution in [-0.4, -0.2) is 15.9 Å². The smallest absolute Gasteiger partial charge is 0.267 e. The molecule has 0 fully saturated rings. The van der Waals surface area contributed by atoms with E-state index in [0.29, 0.717) is 11.4 Å². The van der Waals surface area contributed by atoms with Crippen LogP contribution in [0.3, 0.4) is 0 Å². The number of aromatic nitrogens is 2. The maximum atomic E-state index is 11.9. The van der Waals surface area contributed by atoms with E-state index in [-0.39, 0.29) is 5.91 Å². The maximum Gasteiger partial charge on any atom is 0.275 e. The van der Waals surface area contributed by atoms with Crippen LogP contribution in [0.25, 0.3) is 0 Å². The van der Waals surface area contributed by atoms with Gasteiger partial charge >= 0.3 is 0 Å². The number of anilines is 1. The molecule has 0 aromatic carbocycles. The molecule has 0 saturated carbocycles. The molecule has 1 amide bonds. The van der Waals surface area contributed by atoms with Crippen LogP contribution in [0.15, 0.2) is 48.9 Å². The van der Waals surface area contributed by atoms with Crippen molar-refractivity contribution in [3.05, 3.63) is 54.5 Å². The van der Waals surface area contributed by atoms with Gasteiger partial charge in [-0.1, -0.05) is 6.07 Å². The van der Waals surface area contributed by atoms with Crippen LogP contribution in [0.4, 0.5) is 5.82 Å². The lowest BCUT2D eigenvalue weighted by Crippen LogP contribution is -2.38. The zero-order valence-electron chi connectivity index (χ0n) is 8.45.